The molecule has 0 spiro atoms. The van der Waals surface area contributed by atoms with E-state index in [1.807, 2.05) is 43.3 Å². The average molecular weight is 465 g/mol. The van der Waals surface area contributed by atoms with Crippen molar-refractivity contribution in [2.24, 2.45) is 5.92 Å². The van der Waals surface area contributed by atoms with E-state index < -0.39 is 29.6 Å². The molecule has 180 valence electrons. The summed E-state index contributed by atoms with van der Waals surface area (Å²) in [6, 6.07) is 15.3. The van der Waals surface area contributed by atoms with Gasteiger partial charge in [-0.2, -0.15) is 0 Å². The number of hydrogen-bond acceptors (Lipinski definition) is 4. The molecule has 1 fully saturated rings. The molecule has 0 radical (unpaired) electrons. The number of rotatable bonds is 7. The van der Waals surface area contributed by atoms with Gasteiger partial charge in [0.05, 0.1) is 0 Å². The van der Waals surface area contributed by atoms with E-state index in [-0.39, 0.29) is 18.4 Å². The molecule has 1 saturated carbocycles. The fraction of sp³-hybridized carbons (Fsp3) is 0.444. The van der Waals surface area contributed by atoms with Gasteiger partial charge in [-0.1, -0.05) is 75.2 Å². The normalized spacial score (nSPS) is 22.2. The quantitative estimate of drug-likeness (QED) is 0.561. The van der Waals surface area contributed by atoms with Gasteiger partial charge in [0.15, 0.2) is 0 Å². The third kappa shape index (κ3) is 4.65. The Morgan fingerprint density at radius 3 is 2.26 bits per heavy atom. The molecule has 2 aromatic carbocycles. The number of ether oxygens (including phenoxy) is 1. The molecule has 7 heteroatoms. The summed E-state index contributed by atoms with van der Waals surface area (Å²) in [5, 5.41) is 15.2. The molecule has 34 heavy (non-hydrogen) atoms. The van der Waals surface area contributed by atoms with Crippen LogP contribution >= 0.6 is 0 Å². The van der Waals surface area contributed by atoms with Gasteiger partial charge >= 0.3 is 12.1 Å². The van der Waals surface area contributed by atoms with Crippen molar-refractivity contribution in [2.75, 3.05) is 6.61 Å². The van der Waals surface area contributed by atoms with Crippen LogP contribution in [0.4, 0.5) is 4.79 Å². The summed E-state index contributed by atoms with van der Waals surface area (Å²) in [6.07, 6.45) is 2.09. The van der Waals surface area contributed by atoms with Crippen LogP contribution in [0, 0.1) is 5.92 Å². The second kappa shape index (κ2) is 9.87. The molecule has 2 aliphatic rings. The van der Waals surface area contributed by atoms with Crippen molar-refractivity contribution < 1.29 is 24.2 Å². The number of amides is 2. The van der Waals surface area contributed by atoms with Gasteiger partial charge in [-0.3, -0.25) is 4.79 Å². The topological polar surface area (TPSA) is 105 Å². The number of alkyl carbamates (subject to hydrolysis) is 1. The maximum Gasteiger partial charge on any atom is 0.407 e. The summed E-state index contributed by atoms with van der Waals surface area (Å²) in [5.41, 5.74) is 3.20. The van der Waals surface area contributed by atoms with E-state index >= 15 is 0 Å². The minimum absolute atomic E-state index is 0.0777. The van der Waals surface area contributed by atoms with Crippen LogP contribution in [-0.4, -0.2) is 41.3 Å². The zero-order valence-corrected chi connectivity index (χ0v) is 19.7. The highest BCUT2D eigenvalue weighted by Gasteiger charge is 2.44. The zero-order valence-electron chi connectivity index (χ0n) is 19.7. The Labute approximate surface area is 199 Å². The molecule has 4 rings (SSSR count). The third-order valence-electron chi connectivity index (χ3n) is 7.13. The number of carboxylic acids is 1. The average Bonchev–Trinajstić information content (AvgIpc) is 3.14. The zero-order chi connectivity index (χ0) is 24.3. The van der Waals surface area contributed by atoms with Crippen LogP contribution in [-0.2, 0) is 14.3 Å². The molecular formula is C27H32N2O5. The lowest BCUT2D eigenvalue weighted by molar-refractivity contribution is -0.150. The standard InChI is InChI=1S/C27H32N2O5/c1-3-23(24(30)29-27(25(31)32)14-8-9-17(2)15-27)28-26(33)34-16-22-20-12-6-4-10-18(20)19-11-5-7-13-21(19)22/h4-7,10-13,17,22-23H,3,8-9,14-16H2,1-2H3,(H,28,33)(H,29,30)(H,31,32)/t17?,23-,27?/m0/s1. The number of carbonyl (C=O) groups excluding carboxylic acids is 2. The smallest absolute Gasteiger partial charge is 0.407 e. The first-order valence-electron chi connectivity index (χ1n) is 12.0. The summed E-state index contributed by atoms with van der Waals surface area (Å²) in [5.74, 6) is -1.39. The van der Waals surface area contributed by atoms with Gasteiger partial charge in [0.25, 0.3) is 0 Å². The van der Waals surface area contributed by atoms with E-state index in [0.717, 1.165) is 35.1 Å². The molecule has 2 aromatic rings. The summed E-state index contributed by atoms with van der Waals surface area (Å²) in [4.78, 5) is 37.6. The van der Waals surface area contributed by atoms with Gasteiger partial charge in [0.2, 0.25) is 5.91 Å². The van der Waals surface area contributed by atoms with E-state index in [4.69, 9.17) is 4.74 Å². The van der Waals surface area contributed by atoms with Crippen molar-refractivity contribution in [3.63, 3.8) is 0 Å². The van der Waals surface area contributed by atoms with Crippen LogP contribution in [0.15, 0.2) is 48.5 Å². The summed E-state index contributed by atoms with van der Waals surface area (Å²) in [6.45, 7) is 3.91. The Bertz CT molecular complexity index is 1040. The van der Waals surface area contributed by atoms with E-state index in [0.29, 0.717) is 19.3 Å². The molecule has 0 saturated heterocycles. The molecule has 0 aromatic heterocycles. The Kier molecular flexibility index (Phi) is 6.91. The molecule has 2 unspecified atom stereocenters. The highest BCUT2D eigenvalue weighted by atomic mass is 16.5. The van der Waals surface area contributed by atoms with Crippen molar-refractivity contribution in [1.29, 1.82) is 0 Å². The molecule has 0 bridgehead atoms. The lowest BCUT2D eigenvalue weighted by Crippen LogP contribution is -2.60. The number of aliphatic carboxylic acids is 1. The monoisotopic (exact) mass is 464 g/mol. The first-order valence-corrected chi connectivity index (χ1v) is 12.0. The fourth-order valence-corrected chi connectivity index (χ4v) is 5.37. The predicted octanol–water partition coefficient (Wildman–Crippen LogP) is 4.45. The van der Waals surface area contributed by atoms with Crippen molar-refractivity contribution in [1.82, 2.24) is 10.6 Å². The van der Waals surface area contributed by atoms with Crippen molar-refractivity contribution in [3.8, 4) is 11.1 Å². The van der Waals surface area contributed by atoms with Crippen LogP contribution in [0.25, 0.3) is 11.1 Å². The summed E-state index contributed by atoms with van der Waals surface area (Å²) < 4.78 is 5.56. The van der Waals surface area contributed by atoms with Gasteiger partial charge in [0.1, 0.15) is 18.2 Å². The number of carboxylic acid groups (broad SMARTS) is 1. The SMILES string of the molecule is CC[C@H](NC(=O)OCC1c2ccccc2-c2ccccc21)C(=O)NC1(C(=O)O)CCCC(C)C1. The first kappa shape index (κ1) is 23.8. The van der Waals surface area contributed by atoms with Gasteiger partial charge in [-0.25, -0.2) is 9.59 Å². The second-order valence-corrected chi connectivity index (χ2v) is 9.51. The van der Waals surface area contributed by atoms with Gasteiger partial charge in [-0.15, -0.1) is 0 Å². The number of fused-ring (bicyclic) bond motifs is 3. The minimum atomic E-state index is -1.29. The lowest BCUT2D eigenvalue weighted by Gasteiger charge is -2.37. The molecule has 2 aliphatic carbocycles. The van der Waals surface area contributed by atoms with E-state index in [2.05, 4.69) is 22.8 Å². The Balaban J connectivity index is 1.39. The molecule has 0 heterocycles. The van der Waals surface area contributed by atoms with Crippen LogP contribution in [0.5, 0.6) is 0 Å². The minimum Gasteiger partial charge on any atom is -0.480 e. The van der Waals surface area contributed by atoms with Crippen LogP contribution in [0.3, 0.4) is 0 Å². The molecular weight excluding hydrogens is 432 g/mol. The highest BCUT2D eigenvalue weighted by molar-refractivity contribution is 5.91. The Hall–Kier alpha value is -3.35. The highest BCUT2D eigenvalue weighted by Crippen LogP contribution is 2.44. The maximum absolute atomic E-state index is 12.9. The largest absolute Gasteiger partial charge is 0.480 e. The van der Waals surface area contributed by atoms with Crippen LogP contribution in [0.1, 0.15) is 63.0 Å². The molecule has 0 aliphatic heterocycles. The van der Waals surface area contributed by atoms with Gasteiger partial charge in [-0.05, 0) is 47.4 Å². The third-order valence-corrected chi connectivity index (χ3v) is 7.13. The molecule has 3 N–H and O–H groups in total. The van der Waals surface area contributed by atoms with E-state index in [9.17, 15) is 19.5 Å². The van der Waals surface area contributed by atoms with E-state index in [1.165, 1.54) is 0 Å². The first-order chi connectivity index (χ1) is 16.3. The lowest BCUT2D eigenvalue weighted by atomic mass is 9.76. The molecule has 7 nitrogen and oxygen atoms in total. The Morgan fingerprint density at radius 1 is 1.09 bits per heavy atom. The van der Waals surface area contributed by atoms with Crippen molar-refractivity contribution in [2.45, 2.75) is 63.5 Å². The summed E-state index contributed by atoms with van der Waals surface area (Å²) >= 11 is 0. The number of benzene rings is 2. The van der Waals surface area contributed by atoms with Gasteiger partial charge in [0, 0.05) is 5.92 Å². The number of hydrogen-bond donors (Lipinski definition) is 3. The van der Waals surface area contributed by atoms with Crippen molar-refractivity contribution in [3.05, 3.63) is 59.7 Å². The van der Waals surface area contributed by atoms with Crippen molar-refractivity contribution >= 4 is 18.0 Å². The molecule has 2 amide bonds. The van der Waals surface area contributed by atoms with Gasteiger partial charge < -0.3 is 20.5 Å². The molecule has 3 atom stereocenters. The predicted molar refractivity (Wildman–Crippen MR) is 128 cm³/mol. The van der Waals surface area contributed by atoms with E-state index in [1.54, 1.807) is 6.92 Å². The Morgan fingerprint density at radius 2 is 1.71 bits per heavy atom. The summed E-state index contributed by atoms with van der Waals surface area (Å²) in [7, 11) is 0. The number of nitrogens with one attached hydrogen (secondary N) is 2. The fourth-order valence-electron chi connectivity index (χ4n) is 5.37. The van der Waals surface area contributed by atoms with Crippen LogP contribution in [0.2, 0.25) is 0 Å². The second-order valence-electron chi connectivity index (χ2n) is 9.51. The number of carbonyl (C=O) groups is 3. The maximum atomic E-state index is 12.9. The van der Waals surface area contributed by atoms with Crippen LogP contribution < -0.4 is 10.6 Å².